The van der Waals surface area contributed by atoms with Gasteiger partial charge in [0.15, 0.2) is 5.82 Å². The van der Waals surface area contributed by atoms with Crippen molar-refractivity contribution in [3.63, 3.8) is 0 Å². The molecule has 194 valence electrons. The highest BCUT2D eigenvalue weighted by Gasteiger charge is 2.41. The number of carbonyl (C=O) groups is 2. The molecule has 0 aliphatic carbocycles. The second-order valence-corrected chi connectivity index (χ2v) is 8.33. The van der Waals surface area contributed by atoms with Crippen molar-refractivity contribution in [1.29, 1.82) is 0 Å². The number of hydrogen-bond donors (Lipinski definition) is 4. The molecule has 2 aliphatic rings. The van der Waals surface area contributed by atoms with Crippen LogP contribution in [-0.2, 0) is 0 Å². The zero-order valence-corrected chi connectivity index (χ0v) is 19.1. The van der Waals surface area contributed by atoms with Gasteiger partial charge in [0.1, 0.15) is 24.4 Å². The molecule has 1 saturated heterocycles. The van der Waals surface area contributed by atoms with Gasteiger partial charge in [-0.25, -0.2) is 14.8 Å². The molecule has 3 amide bonds. The van der Waals surface area contributed by atoms with Crippen molar-refractivity contribution >= 4 is 29.4 Å². The summed E-state index contributed by atoms with van der Waals surface area (Å²) in [7, 11) is 0. The van der Waals surface area contributed by atoms with E-state index in [-0.39, 0.29) is 36.0 Å². The average molecular weight is 511 g/mol. The Balaban J connectivity index is 1.55. The first-order valence-electron chi connectivity index (χ1n) is 11.1. The van der Waals surface area contributed by atoms with E-state index < -0.39 is 36.9 Å². The second kappa shape index (κ2) is 10.1. The molecular formula is C21H24F3N7O5. The SMILES string of the molecule is C[C@@H](NC(=O)c1ccc2c(n1)N(C(=O)Nc1nccc(OC[C@@H](O)CO)n1)C1CCN2C1)C(F)(F)F. The van der Waals surface area contributed by atoms with E-state index in [2.05, 4.69) is 20.3 Å². The van der Waals surface area contributed by atoms with Gasteiger partial charge >= 0.3 is 12.2 Å². The van der Waals surface area contributed by atoms with Gasteiger partial charge in [-0.15, -0.1) is 0 Å². The monoisotopic (exact) mass is 511 g/mol. The Morgan fingerprint density at radius 2 is 2.06 bits per heavy atom. The number of carbonyl (C=O) groups excluding carboxylic acids is 2. The molecule has 4 N–H and O–H groups in total. The van der Waals surface area contributed by atoms with Crippen molar-refractivity contribution in [2.45, 2.75) is 37.7 Å². The maximum Gasteiger partial charge on any atom is 0.408 e. The largest absolute Gasteiger partial charge is 0.475 e. The summed E-state index contributed by atoms with van der Waals surface area (Å²) in [6.07, 6.45) is -3.79. The Hall–Kier alpha value is -3.72. The highest BCUT2D eigenvalue weighted by molar-refractivity contribution is 6.04. The minimum absolute atomic E-state index is 0.0507. The molecule has 4 heterocycles. The quantitative estimate of drug-likeness (QED) is 0.425. The number of aliphatic hydroxyl groups excluding tert-OH is 2. The molecule has 3 atom stereocenters. The molecule has 15 heteroatoms. The number of rotatable bonds is 7. The van der Waals surface area contributed by atoms with E-state index in [9.17, 15) is 27.9 Å². The number of urea groups is 1. The van der Waals surface area contributed by atoms with Crippen LogP contribution >= 0.6 is 0 Å². The fourth-order valence-electron chi connectivity index (χ4n) is 3.82. The summed E-state index contributed by atoms with van der Waals surface area (Å²) in [4.78, 5) is 41.3. The number of nitrogens with one attached hydrogen (secondary N) is 2. The lowest BCUT2D eigenvalue weighted by atomic mass is 10.1. The fourth-order valence-corrected chi connectivity index (χ4v) is 3.82. The Morgan fingerprint density at radius 1 is 1.28 bits per heavy atom. The zero-order chi connectivity index (χ0) is 26.0. The number of halogens is 3. The summed E-state index contributed by atoms with van der Waals surface area (Å²) < 4.78 is 43.9. The third-order valence-electron chi connectivity index (χ3n) is 5.73. The molecule has 0 radical (unpaired) electrons. The third kappa shape index (κ3) is 5.41. The Kier molecular flexibility index (Phi) is 7.12. The Labute approximate surface area is 203 Å². The van der Waals surface area contributed by atoms with E-state index in [0.717, 1.165) is 6.92 Å². The van der Waals surface area contributed by atoms with E-state index in [1.165, 1.54) is 23.2 Å². The number of pyridine rings is 1. The summed E-state index contributed by atoms with van der Waals surface area (Å²) in [6.45, 7) is 1.25. The zero-order valence-electron chi connectivity index (χ0n) is 19.1. The van der Waals surface area contributed by atoms with Gasteiger partial charge in [-0.05, 0) is 25.5 Å². The second-order valence-electron chi connectivity index (χ2n) is 8.33. The van der Waals surface area contributed by atoms with Crippen LogP contribution in [0.3, 0.4) is 0 Å². The standard InChI is InChI=1S/C21H24F3N7O5/c1-11(21(22,23)24)26-18(34)14-2-3-15-17(27-14)31(12-5-7-30(15)8-12)20(35)29-19-25-6-4-16(28-19)36-10-13(33)9-32/h2-4,6,11-13,32-33H,5,7-10H2,1H3,(H,26,34)(H,25,28,29,35)/t11-,12?,13+/m1/s1. The number of aliphatic hydroxyl groups is 2. The number of hydrogen-bond acceptors (Lipinski definition) is 9. The topological polar surface area (TPSA) is 153 Å². The van der Waals surface area contributed by atoms with Crippen LogP contribution in [-0.4, -0.2) is 87.8 Å². The summed E-state index contributed by atoms with van der Waals surface area (Å²) in [5, 5.41) is 22.7. The summed E-state index contributed by atoms with van der Waals surface area (Å²) >= 11 is 0. The van der Waals surface area contributed by atoms with Crippen LogP contribution in [0.5, 0.6) is 5.88 Å². The Bertz CT molecular complexity index is 1140. The predicted octanol–water partition coefficient (Wildman–Crippen LogP) is 0.915. The number of nitrogens with zero attached hydrogens (tertiary/aromatic N) is 5. The summed E-state index contributed by atoms with van der Waals surface area (Å²) in [6, 6.07) is 1.25. The molecule has 0 saturated carbocycles. The fraction of sp³-hybridized carbons (Fsp3) is 0.476. The summed E-state index contributed by atoms with van der Waals surface area (Å²) in [5.74, 6) is -0.943. The number of fused-ring (bicyclic) bond motifs is 4. The maximum absolute atomic E-state index is 13.2. The van der Waals surface area contributed by atoms with Gasteiger partial charge in [0.25, 0.3) is 5.91 Å². The number of ether oxygens (including phenoxy) is 1. The van der Waals surface area contributed by atoms with Crippen LogP contribution in [0.4, 0.5) is 35.4 Å². The molecule has 4 rings (SSSR count). The Morgan fingerprint density at radius 3 is 2.78 bits per heavy atom. The lowest BCUT2D eigenvalue weighted by Gasteiger charge is -2.35. The van der Waals surface area contributed by atoms with E-state index in [0.29, 0.717) is 25.2 Å². The van der Waals surface area contributed by atoms with E-state index in [1.807, 2.05) is 10.2 Å². The van der Waals surface area contributed by atoms with Gasteiger partial charge in [-0.1, -0.05) is 0 Å². The molecule has 0 aromatic carbocycles. The third-order valence-corrected chi connectivity index (χ3v) is 5.73. The molecule has 2 aromatic rings. The van der Waals surface area contributed by atoms with Crippen molar-refractivity contribution < 1.29 is 37.7 Å². The first-order valence-corrected chi connectivity index (χ1v) is 11.1. The molecular weight excluding hydrogens is 487 g/mol. The van der Waals surface area contributed by atoms with Gasteiger partial charge in [0.05, 0.1) is 18.3 Å². The number of aromatic nitrogens is 3. The van der Waals surface area contributed by atoms with Gasteiger partial charge in [0, 0.05) is 25.4 Å². The van der Waals surface area contributed by atoms with Crippen LogP contribution < -0.4 is 25.2 Å². The number of amides is 3. The van der Waals surface area contributed by atoms with E-state index in [1.54, 1.807) is 6.07 Å². The number of alkyl halides is 3. The van der Waals surface area contributed by atoms with Gasteiger partial charge in [-0.2, -0.15) is 18.2 Å². The maximum atomic E-state index is 13.2. The van der Waals surface area contributed by atoms with Crippen molar-refractivity contribution in [3.8, 4) is 5.88 Å². The predicted molar refractivity (Wildman–Crippen MR) is 120 cm³/mol. The van der Waals surface area contributed by atoms with Crippen LogP contribution in [0.25, 0.3) is 0 Å². The molecule has 2 aromatic heterocycles. The first-order chi connectivity index (χ1) is 17.1. The van der Waals surface area contributed by atoms with Crippen molar-refractivity contribution in [3.05, 3.63) is 30.1 Å². The van der Waals surface area contributed by atoms with E-state index >= 15 is 0 Å². The molecule has 2 aliphatic heterocycles. The normalized spacial score (nSPS) is 18.3. The smallest absolute Gasteiger partial charge is 0.408 e. The minimum Gasteiger partial charge on any atom is -0.475 e. The van der Waals surface area contributed by atoms with Crippen molar-refractivity contribution in [2.24, 2.45) is 0 Å². The molecule has 12 nitrogen and oxygen atoms in total. The molecule has 2 bridgehead atoms. The van der Waals surface area contributed by atoms with Crippen molar-refractivity contribution in [1.82, 2.24) is 20.3 Å². The van der Waals surface area contributed by atoms with Gasteiger partial charge < -0.3 is 25.2 Å². The highest BCUT2D eigenvalue weighted by atomic mass is 19.4. The van der Waals surface area contributed by atoms with Crippen LogP contribution in [0, 0.1) is 0 Å². The van der Waals surface area contributed by atoms with Crippen molar-refractivity contribution in [2.75, 3.05) is 41.4 Å². The van der Waals surface area contributed by atoms with Gasteiger partial charge in [-0.3, -0.25) is 15.0 Å². The molecule has 36 heavy (non-hydrogen) atoms. The summed E-state index contributed by atoms with van der Waals surface area (Å²) in [5.41, 5.74) is 0.301. The molecule has 0 spiro atoms. The van der Waals surface area contributed by atoms with Gasteiger partial charge in [0.2, 0.25) is 11.8 Å². The molecule has 1 unspecified atom stereocenters. The van der Waals surface area contributed by atoms with Crippen LogP contribution in [0.1, 0.15) is 23.8 Å². The minimum atomic E-state index is -4.62. The lowest BCUT2D eigenvalue weighted by molar-refractivity contribution is -0.149. The number of anilines is 3. The lowest BCUT2D eigenvalue weighted by Crippen LogP contribution is -2.49. The van der Waals surface area contributed by atoms with Crippen LogP contribution in [0.15, 0.2) is 24.4 Å². The van der Waals surface area contributed by atoms with Crippen LogP contribution in [0.2, 0.25) is 0 Å². The van der Waals surface area contributed by atoms with E-state index in [4.69, 9.17) is 9.84 Å². The first kappa shape index (κ1) is 25.4. The molecule has 1 fully saturated rings. The highest BCUT2D eigenvalue weighted by Crippen LogP contribution is 2.39. The average Bonchev–Trinajstić information content (AvgIpc) is 3.25.